The van der Waals surface area contributed by atoms with Crippen molar-refractivity contribution in [3.63, 3.8) is 0 Å². The van der Waals surface area contributed by atoms with Crippen molar-refractivity contribution >= 4 is 22.0 Å². The van der Waals surface area contributed by atoms with Crippen molar-refractivity contribution < 1.29 is 53.2 Å². The van der Waals surface area contributed by atoms with Gasteiger partial charge in [0.25, 0.3) is 0 Å². The zero-order chi connectivity index (χ0) is 11.2. The molecule has 0 saturated heterocycles. The van der Waals surface area contributed by atoms with Gasteiger partial charge in [0.1, 0.15) is 0 Å². The molecule has 15 heavy (non-hydrogen) atoms. The molecule has 0 aromatic heterocycles. The minimum Gasteiger partial charge on any atom is -1.00 e. The molecule has 2 N–H and O–H groups in total. The Morgan fingerprint density at radius 3 is 2.40 bits per heavy atom. The molecule has 0 bridgehead atoms. The van der Waals surface area contributed by atoms with Crippen LogP contribution in [0.2, 0.25) is 0 Å². The molecular weight excluding hydrogens is 233 g/mol. The molecule has 1 amide bonds. The summed E-state index contributed by atoms with van der Waals surface area (Å²) in [5, 5.41) is 0. The third kappa shape index (κ3) is 9.92. The van der Waals surface area contributed by atoms with Crippen LogP contribution < -0.4 is 35.3 Å². The maximum Gasteiger partial charge on any atom is 1.00 e. The van der Waals surface area contributed by atoms with Crippen molar-refractivity contribution in [1.29, 1.82) is 0 Å². The van der Waals surface area contributed by atoms with Crippen molar-refractivity contribution in [1.82, 2.24) is 0 Å². The van der Waals surface area contributed by atoms with Crippen molar-refractivity contribution in [3.05, 3.63) is 12.7 Å². The van der Waals surface area contributed by atoms with Crippen LogP contribution in [0, 0.1) is 0 Å². The summed E-state index contributed by atoms with van der Waals surface area (Å²) in [6.45, 7) is 3.22. The number of carbonyl (C=O) groups excluding carboxylic acids is 2. The van der Waals surface area contributed by atoms with Gasteiger partial charge in [0.15, 0.2) is 5.78 Å². The Kier molecular flexibility index (Phi) is 8.93. The molecule has 0 aliphatic carbocycles. The predicted octanol–water partition coefficient (Wildman–Crippen LogP) is -2.94. The van der Waals surface area contributed by atoms with E-state index in [1.807, 2.05) is 0 Å². The van der Waals surface area contributed by atoms with Gasteiger partial charge in [-0.15, -0.1) is 0 Å². The number of allylic oxidation sites excluding steroid dienone is 1. The standard InChI is InChI=1S/C7H11NO5S.Na.H/c1-2-6(9)4-3-5-14(11,12)13-7(8)10;;/h2H,1,3-5H2,(H2,8,10);;/q;+1;-1. The van der Waals surface area contributed by atoms with Crippen LogP contribution in [-0.2, 0) is 19.1 Å². The first kappa shape index (κ1) is 17.0. The van der Waals surface area contributed by atoms with Gasteiger partial charge in [-0.05, 0) is 12.5 Å². The van der Waals surface area contributed by atoms with Crippen LogP contribution in [0.4, 0.5) is 4.79 Å². The van der Waals surface area contributed by atoms with Crippen molar-refractivity contribution in [2.24, 2.45) is 5.73 Å². The summed E-state index contributed by atoms with van der Waals surface area (Å²) in [4.78, 5) is 20.8. The van der Waals surface area contributed by atoms with Gasteiger partial charge in [-0.1, -0.05) is 6.58 Å². The van der Waals surface area contributed by atoms with E-state index in [0.717, 1.165) is 6.08 Å². The molecule has 0 spiro atoms. The van der Waals surface area contributed by atoms with Gasteiger partial charge < -0.3 is 11.3 Å². The van der Waals surface area contributed by atoms with E-state index in [9.17, 15) is 18.0 Å². The van der Waals surface area contributed by atoms with Gasteiger partial charge in [0, 0.05) is 6.42 Å². The third-order valence-electron chi connectivity index (χ3n) is 1.25. The molecule has 0 saturated carbocycles. The fourth-order valence-electron chi connectivity index (χ4n) is 0.692. The summed E-state index contributed by atoms with van der Waals surface area (Å²) in [6, 6.07) is 0. The topological polar surface area (TPSA) is 104 Å². The van der Waals surface area contributed by atoms with Gasteiger partial charge in [0.2, 0.25) is 0 Å². The van der Waals surface area contributed by atoms with E-state index in [0.29, 0.717) is 0 Å². The Morgan fingerprint density at radius 2 is 2.00 bits per heavy atom. The second kappa shape index (κ2) is 7.86. The van der Waals surface area contributed by atoms with Crippen molar-refractivity contribution in [3.8, 4) is 0 Å². The molecular formula is C7H12NNaO5S. The Morgan fingerprint density at radius 1 is 1.47 bits per heavy atom. The normalized spacial score (nSPS) is 9.87. The maximum atomic E-state index is 10.9. The molecule has 0 heterocycles. The van der Waals surface area contributed by atoms with Gasteiger partial charge >= 0.3 is 45.8 Å². The van der Waals surface area contributed by atoms with E-state index in [1.54, 1.807) is 0 Å². The first-order valence-corrected chi connectivity index (χ1v) is 5.32. The number of hydrogen-bond acceptors (Lipinski definition) is 5. The minimum atomic E-state index is -3.95. The quantitative estimate of drug-likeness (QED) is 0.306. The molecule has 82 valence electrons. The molecule has 0 aromatic rings. The second-order valence-corrected chi connectivity index (χ2v) is 4.13. The minimum absolute atomic E-state index is 0. The van der Waals surface area contributed by atoms with Crippen LogP contribution >= 0.6 is 0 Å². The maximum absolute atomic E-state index is 10.9. The summed E-state index contributed by atoms with van der Waals surface area (Å²) in [7, 11) is -3.95. The van der Waals surface area contributed by atoms with E-state index in [1.165, 1.54) is 0 Å². The Balaban J connectivity index is -0.000000845. The molecule has 0 aromatic carbocycles. The Hall–Kier alpha value is -0.370. The number of hydrogen-bond donors (Lipinski definition) is 1. The SMILES string of the molecule is C=CC(=O)CCCS(=O)(=O)OC(N)=O.[H-].[Na+]. The molecule has 0 unspecified atom stereocenters. The second-order valence-electron chi connectivity index (χ2n) is 2.44. The summed E-state index contributed by atoms with van der Waals surface area (Å²) in [6.07, 6.45) is -0.160. The summed E-state index contributed by atoms with van der Waals surface area (Å²) in [5.74, 6) is -0.686. The molecule has 8 heteroatoms. The summed E-state index contributed by atoms with van der Waals surface area (Å²) in [5.41, 5.74) is 4.51. The average molecular weight is 245 g/mol. The zero-order valence-electron chi connectivity index (χ0n) is 9.43. The van der Waals surface area contributed by atoms with Gasteiger partial charge in [-0.3, -0.25) is 4.79 Å². The van der Waals surface area contributed by atoms with Crippen LogP contribution in [0.15, 0.2) is 12.7 Å². The smallest absolute Gasteiger partial charge is 1.00 e. The summed E-state index contributed by atoms with van der Waals surface area (Å²) >= 11 is 0. The number of nitrogens with two attached hydrogens (primary N) is 1. The van der Waals surface area contributed by atoms with Crippen LogP contribution in [-0.4, -0.2) is 26.0 Å². The number of primary amides is 1. The van der Waals surface area contributed by atoms with Crippen LogP contribution in [0.3, 0.4) is 0 Å². The molecule has 0 radical (unpaired) electrons. The monoisotopic (exact) mass is 245 g/mol. The van der Waals surface area contributed by atoms with E-state index in [4.69, 9.17) is 0 Å². The predicted molar refractivity (Wildman–Crippen MR) is 50.0 cm³/mol. The number of amides is 1. The number of ketones is 1. The first-order valence-electron chi connectivity index (χ1n) is 3.74. The van der Waals surface area contributed by atoms with Crippen LogP contribution in [0.1, 0.15) is 14.3 Å². The zero-order valence-corrected chi connectivity index (χ0v) is 11.2. The fourth-order valence-corrected chi connectivity index (χ4v) is 1.52. The van der Waals surface area contributed by atoms with Crippen LogP contribution in [0.5, 0.6) is 0 Å². The molecule has 0 rings (SSSR count). The Labute approximate surface area is 112 Å². The third-order valence-corrected chi connectivity index (χ3v) is 2.46. The summed E-state index contributed by atoms with van der Waals surface area (Å²) < 4.78 is 25.5. The van der Waals surface area contributed by atoms with E-state index < -0.39 is 22.0 Å². The number of carbonyl (C=O) groups is 2. The van der Waals surface area contributed by atoms with E-state index in [2.05, 4.69) is 16.5 Å². The molecule has 0 fully saturated rings. The average Bonchev–Trinajstić information content (AvgIpc) is 2.01. The van der Waals surface area contributed by atoms with Crippen molar-refractivity contribution in [2.75, 3.05) is 5.75 Å². The largest absolute Gasteiger partial charge is 1.00 e. The van der Waals surface area contributed by atoms with Gasteiger partial charge in [-0.2, -0.15) is 8.42 Å². The Bertz CT molecular complexity index is 343. The first-order chi connectivity index (χ1) is 6.37. The van der Waals surface area contributed by atoms with Gasteiger partial charge in [-0.25, -0.2) is 4.79 Å². The van der Waals surface area contributed by atoms with Gasteiger partial charge in [0.05, 0.1) is 5.75 Å². The number of rotatable bonds is 6. The molecule has 0 aliphatic heterocycles. The molecule has 0 aliphatic rings. The molecule has 6 nitrogen and oxygen atoms in total. The molecule has 0 atom stereocenters. The van der Waals surface area contributed by atoms with E-state index in [-0.39, 0.29) is 49.6 Å². The van der Waals surface area contributed by atoms with Crippen LogP contribution in [0.25, 0.3) is 0 Å². The van der Waals surface area contributed by atoms with Crippen molar-refractivity contribution in [2.45, 2.75) is 12.8 Å². The fraction of sp³-hybridized carbons (Fsp3) is 0.429. The van der Waals surface area contributed by atoms with E-state index >= 15 is 0 Å².